The zero-order valence-electron chi connectivity index (χ0n) is 18.0. The minimum atomic E-state index is -0.513. The Kier molecular flexibility index (Phi) is 10.2. The SMILES string of the molecule is CCCCCCc1ccc(C(CC)OC(=O)c2ncc(OCCCC)cn2)cc1. The molecule has 1 heterocycles. The summed E-state index contributed by atoms with van der Waals surface area (Å²) in [5.74, 6) is 0.107. The van der Waals surface area contributed by atoms with Gasteiger partial charge < -0.3 is 9.47 Å². The highest BCUT2D eigenvalue weighted by atomic mass is 16.5. The number of carbonyl (C=O) groups is 1. The van der Waals surface area contributed by atoms with Crippen LogP contribution in [-0.4, -0.2) is 22.5 Å². The van der Waals surface area contributed by atoms with E-state index in [1.54, 1.807) is 0 Å². The molecule has 0 radical (unpaired) electrons. The van der Waals surface area contributed by atoms with Crippen molar-refractivity contribution in [2.75, 3.05) is 6.61 Å². The van der Waals surface area contributed by atoms with Gasteiger partial charge in [-0.15, -0.1) is 0 Å². The number of esters is 1. The first-order valence-corrected chi connectivity index (χ1v) is 10.9. The average Bonchev–Trinajstić information content (AvgIpc) is 2.76. The van der Waals surface area contributed by atoms with Crippen LogP contribution in [0.5, 0.6) is 5.75 Å². The van der Waals surface area contributed by atoms with Crippen LogP contribution in [0.4, 0.5) is 0 Å². The van der Waals surface area contributed by atoms with Gasteiger partial charge in [0.15, 0.2) is 5.75 Å². The lowest BCUT2D eigenvalue weighted by atomic mass is 10.0. The lowest BCUT2D eigenvalue weighted by Gasteiger charge is -2.16. The van der Waals surface area contributed by atoms with Gasteiger partial charge in [-0.05, 0) is 36.8 Å². The van der Waals surface area contributed by atoms with E-state index in [9.17, 15) is 4.79 Å². The zero-order chi connectivity index (χ0) is 20.9. The molecule has 0 aliphatic carbocycles. The second kappa shape index (κ2) is 12.9. The Morgan fingerprint density at radius 2 is 1.62 bits per heavy atom. The Labute approximate surface area is 174 Å². The molecule has 0 N–H and O–H groups in total. The zero-order valence-corrected chi connectivity index (χ0v) is 18.0. The van der Waals surface area contributed by atoms with Crippen molar-refractivity contribution < 1.29 is 14.3 Å². The first-order valence-electron chi connectivity index (χ1n) is 10.9. The molecule has 0 saturated heterocycles. The molecule has 5 nitrogen and oxygen atoms in total. The van der Waals surface area contributed by atoms with Gasteiger partial charge >= 0.3 is 5.97 Å². The Bertz CT molecular complexity index is 714. The summed E-state index contributed by atoms with van der Waals surface area (Å²) in [6, 6.07) is 8.39. The van der Waals surface area contributed by atoms with Gasteiger partial charge in [-0.2, -0.15) is 0 Å². The van der Waals surface area contributed by atoms with Crippen LogP contribution in [0.1, 0.15) is 93.6 Å². The molecule has 0 amide bonds. The van der Waals surface area contributed by atoms with Crippen molar-refractivity contribution in [1.82, 2.24) is 9.97 Å². The van der Waals surface area contributed by atoms with Crippen LogP contribution in [0, 0.1) is 0 Å². The number of unbranched alkanes of at least 4 members (excludes halogenated alkanes) is 4. The van der Waals surface area contributed by atoms with E-state index in [4.69, 9.17) is 9.47 Å². The summed E-state index contributed by atoms with van der Waals surface area (Å²) >= 11 is 0. The average molecular weight is 399 g/mol. The molecule has 0 aliphatic heterocycles. The van der Waals surface area contributed by atoms with Crippen molar-refractivity contribution in [2.45, 2.75) is 78.2 Å². The molecule has 158 valence electrons. The number of aromatic nitrogens is 2. The maximum absolute atomic E-state index is 12.4. The van der Waals surface area contributed by atoms with Gasteiger partial charge in [0.25, 0.3) is 0 Å². The van der Waals surface area contributed by atoms with Crippen LogP contribution in [0.15, 0.2) is 36.7 Å². The second-order valence-corrected chi connectivity index (χ2v) is 7.30. The number of ether oxygens (including phenoxy) is 2. The molecule has 0 bridgehead atoms. The van der Waals surface area contributed by atoms with Crippen LogP contribution in [0.3, 0.4) is 0 Å². The van der Waals surface area contributed by atoms with Crippen LogP contribution in [0.2, 0.25) is 0 Å². The lowest BCUT2D eigenvalue weighted by Crippen LogP contribution is -2.14. The fourth-order valence-corrected chi connectivity index (χ4v) is 3.05. The molecule has 1 aromatic heterocycles. The predicted octanol–water partition coefficient (Wildman–Crippen LogP) is 6.09. The summed E-state index contributed by atoms with van der Waals surface area (Å²) in [5.41, 5.74) is 2.32. The largest absolute Gasteiger partial charge is 0.490 e. The molecule has 0 aliphatic rings. The van der Waals surface area contributed by atoms with Gasteiger partial charge in [-0.25, -0.2) is 14.8 Å². The van der Waals surface area contributed by atoms with E-state index in [1.807, 2.05) is 6.92 Å². The van der Waals surface area contributed by atoms with E-state index >= 15 is 0 Å². The monoisotopic (exact) mass is 398 g/mol. The number of aryl methyl sites for hydroxylation is 1. The van der Waals surface area contributed by atoms with Crippen LogP contribution < -0.4 is 4.74 Å². The standard InChI is InChI=1S/C24H34N2O3/c1-4-7-9-10-11-19-12-14-20(15-13-19)22(6-3)29-24(27)23-25-17-21(18-26-23)28-16-8-5-2/h12-15,17-18,22H,4-11,16H2,1-3H3. The van der Waals surface area contributed by atoms with E-state index < -0.39 is 5.97 Å². The maximum atomic E-state index is 12.4. The van der Waals surface area contributed by atoms with Crippen molar-refractivity contribution in [3.05, 3.63) is 53.6 Å². The lowest BCUT2D eigenvalue weighted by molar-refractivity contribution is 0.0273. The van der Waals surface area contributed by atoms with E-state index in [1.165, 1.54) is 43.6 Å². The summed E-state index contributed by atoms with van der Waals surface area (Å²) < 4.78 is 11.2. The molecule has 1 atom stereocenters. The molecule has 1 unspecified atom stereocenters. The molecule has 1 aromatic carbocycles. The summed E-state index contributed by atoms with van der Waals surface area (Å²) in [5, 5.41) is 0. The van der Waals surface area contributed by atoms with Crippen LogP contribution in [0.25, 0.3) is 0 Å². The molecule has 0 saturated carbocycles. The normalized spacial score (nSPS) is 11.8. The maximum Gasteiger partial charge on any atom is 0.376 e. The van der Waals surface area contributed by atoms with Gasteiger partial charge in [0.2, 0.25) is 5.82 Å². The Morgan fingerprint density at radius 3 is 2.24 bits per heavy atom. The third-order valence-electron chi connectivity index (χ3n) is 4.87. The highest BCUT2D eigenvalue weighted by molar-refractivity contribution is 5.85. The van der Waals surface area contributed by atoms with E-state index in [0.29, 0.717) is 18.8 Å². The van der Waals surface area contributed by atoms with Crippen molar-refractivity contribution in [2.24, 2.45) is 0 Å². The predicted molar refractivity (Wildman–Crippen MR) is 115 cm³/mol. The number of rotatable bonds is 13. The van der Waals surface area contributed by atoms with E-state index in [0.717, 1.165) is 24.8 Å². The van der Waals surface area contributed by atoms with Gasteiger partial charge in [0.1, 0.15) is 6.10 Å². The molecule has 2 aromatic rings. The summed E-state index contributed by atoms with van der Waals surface area (Å²) in [6.45, 7) is 6.95. The quantitative estimate of drug-likeness (QED) is 0.302. The molecular weight excluding hydrogens is 364 g/mol. The van der Waals surface area contributed by atoms with E-state index in [-0.39, 0.29) is 11.9 Å². The molecule has 29 heavy (non-hydrogen) atoms. The number of hydrogen-bond acceptors (Lipinski definition) is 5. The number of hydrogen-bond donors (Lipinski definition) is 0. The fourth-order valence-electron chi connectivity index (χ4n) is 3.05. The smallest absolute Gasteiger partial charge is 0.376 e. The number of carbonyl (C=O) groups excluding carboxylic acids is 1. The highest BCUT2D eigenvalue weighted by Crippen LogP contribution is 2.23. The summed E-state index contributed by atoms with van der Waals surface area (Å²) in [7, 11) is 0. The molecule has 0 spiro atoms. The first-order chi connectivity index (χ1) is 14.2. The van der Waals surface area contributed by atoms with Crippen LogP contribution >= 0.6 is 0 Å². The van der Waals surface area contributed by atoms with Crippen molar-refractivity contribution >= 4 is 5.97 Å². The Hall–Kier alpha value is -2.43. The summed E-state index contributed by atoms with van der Waals surface area (Å²) in [6.07, 6.45) is 11.6. The topological polar surface area (TPSA) is 61.3 Å². The molecule has 0 fully saturated rings. The fraction of sp³-hybridized carbons (Fsp3) is 0.542. The molecular formula is C24H34N2O3. The van der Waals surface area contributed by atoms with Gasteiger partial charge in [0, 0.05) is 0 Å². The van der Waals surface area contributed by atoms with Crippen molar-refractivity contribution in [1.29, 1.82) is 0 Å². The van der Waals surface area contributed by atoms with Crippen molar-refractivity contribution in [3.63, 3.8) is 0 Å². The minimum absolute atomic E-state index is 0.0545. The molecule has 5 heteroatoms. The van der Waals surface area contributed by atoms with Crippen LogP contribution in [-0.2, 0) is 11.2 Å². The molecule has 2 rings (SSSR count). The van der Waals surface area contributed by atoms with Gasteiger partial charge in [-0.3, -0.25) is 0 Å². The van der Waals surface area contributed by atoms with Gasteiger partial charge in [0.05, 0.1) is 19.0 Å². The second-order valence-electron chi connectivity index (χ2n) is 7.30. The number of benzene rings is 1. The van der Waals surface area contributed by atoms with Gasteiger partial charge in [-0.1, -0.05) is 70.7 Å². The third-order valence-corrected chi connectivity index (χ3v) is 4.87. The van der Waals surface area contributed by atoms with E-state index in [2.05, 4.69) is 48.1 Å². The van der Waals surface area contributed by atoms with Crippen molar-refractivity contribution in [3.8, 4) is 5.75 Å². The summed E-state index contributed by atoms with van der Waals surface area (Å²) in [4.78, 5) is 20.6. The first kappa shape index (κ1) is 22.9. The highest BCUT2D eigenvalue weighted by Gasteiger charge is 2.18. The Balaban J connectivity index is 1.90. The minimum Gasteiger partial charge on any atom is -0.490 e. The Morgan fingerprint density at radius 1 is 0.931 bits per heavy atom. The third kappa shape index (κ3) is 7.84. The number of nitrogens with zero attached hydrogens (tertiary/aromatic N) is 2.